The monoisotopic (exact) mass is 386 g/mol. The number of likely N-dealkylation sites (N-methyl/N-ethyl adjacent to an activating group) is 1. The number of piperidine rings is 1. The maximum absolute atomic E-state index is 12.7. The standard InChI is InChI=1S/C17H20Cl2N2O4/c1-2-20(10-15(22)23)17(25)12-4-3-7-21(9-12)16(24)11-5-6-13(18)14(19)8-11/h5-6,8,12H,2-4,7,9-10H2,1H3,(H,22,23). The zero-order chi connectivity index (χ0) is 18.6. The summed E-state index contributed by atoms with van der Waals surface area (Å²) in [5.74, 6) is -1.87. The van der Waals surface area contributed by atoms with Crippen LogP contribution in [0, 0.1) is 5.92 Å². The summed E-state index contributed by atoms with van der Waals surface area (Å²) in [6.45, 7) is 2.55. The van der Waals surface area contributed by atoms with Gasteiger partial charge in [-0.1, -0.05) is 23.2 Å². The van der Waals surface area contributed by atoms with Crippen LogP contribution in [0.5, 0.6) is 0 Å². The lowest BCUT2D eigenvalue weighted by molar-refractivity contribution is -0.146. The molecule has 6 nitrogen and oxygen atoms in total. The lowest BCUT2D eigenvalue weighted by atomic mass is 9.95. The SMILES string of the molecule is CCN(CC(=O)O)C(=O)C1CCCN(C(=O)c2ccc(Cl)c(Cl)c2)C1. The van der Waals surface area contributed by atoms with Gasteiger partial charge in [-0.3, -0.25) is 14.4 Å². The van der Waals surface area contributed by atoms with Gasteiger partial charge in [0.05, 0.1) is 16.0 Å². The number of carboxylic acid groups (broad SMARTS) is 1. The van der Waals surface area contributed by atoms with Crippen molar-refractivity contribution in [1.82, 2.24) is 9.80 Å². The second-order valence-corrected chi connectivity index (χ2v) is 6.78. The largest absolute Gasteiger partial charge is 0.480 e. The van der Waals surface area contributed by atoms with Crippen LogP contribution in [-0.2, 0) is 9.59 Å². The second kappa shape index (κ2) is 8.54. The molecule has 1 saturated heterocycles. The average Bonchev–Trinajstić information content (AvgIpc) is 2.60. The fourth-order valence-corrected chi connectivity index (χ4v) is 3.24. The molecule has 1 unspecified atom stereocenters. The van der Waals surface area contributed by atoms with Crippen molar-refractivity contribution in [2.75, 3.05) is 26.2 Å². The smallest absolute Gasteiger partial charge is 0.323 e. The first kappa shape index (κ1) is 19.5. The quantitative estimate of drug-likeness (QED) is 0.843. The van der Waals surface area contributed by atoms with E-state index in [1.165, 1.54) is 11.0 Å². The zero-order valence-corrected chi connectivity index (χ0v) is 15.4. The van der Waals surface area contributed by atoms with Crippen molar-refractivity contribution in [2.24, 2.45) is 5.92 Å². The summed E-state index contributed by atoms with van der Waals surface area (Å²) in [6, 6.07) is 4.68. The summed E-state index contributed by atoms with van der Waals surface area (Å²) in [6.07, 6.45) is 1.33. The maximum atomic E-state index is 12.7. The van der Waals surface area contributed by atoms with E-state index in [4.69, 9.17) is 28.3 Å². The molecule has 0 bridgehead atoms. The molecule has 0 radical (unpaired) electrons. The number of likely N-dealkylation sites (tertiary alicyclic amines) is 1. The molecule has 25 heavy (non-hydrogen) atoms. The summed E-state index contributed by atoms with van der Waals surface area (Å²) in [7, 11) is 0. The van der Waals surface area contributed by atoms with Crippen LogP contribution in [0.1, 0.15) is 30.1 Å². The Balaban J connectivity index is 2.09. The number of amides is 2. The first-order chi connectivity index (χ1) is 11.8. The molecule has 2 amide bonds. The molecule has 8 heteroatoms. The molecule has 1 aromatic rings. The Labute approximate surface area is 156 Å². The lowest BCUT2D eigenvalue weighted by Crippen LogP contribution is -2.47. The third-order valence-corrected chi connectivity index (χ3v) is 4.98. The Kier molecular flexibility index (Phi) is 6.67. The van der Waals surface area contributed by atoms with Gasteiger partial charge in [0, 0.05) is 25.2 Å². The van der Waals surface area contributed by atoms with E-state index in [1.807, 2.05) is 0 Å². The third kappa shape index (κ3) is 4.86. The van der Waals surface area contributed by atoms with Gasteiger partial charge >= 0.3 is 5.97 Å². The third-order valence-electron chi connectivity index (χ3n) is 4.24. The van der Waals surface area contributed by atoms with Crippen molar-refractivity contribution in [3.63, 3.8) is 0 Å². The van der Waals surface area contributed by atoms with Gasteiger partial charge in [-0.25, -0.2) is 0 Å². The molecule has 1 aromatic carbocycles. The van der Waals surface area contributed by atoms with Gasteiger partial charge in [-0.15, -0.1) is 0 Å². The van der Waals surface area contributed by atoms with Gasteiger partial charge < -0.3 is 14.9 Å². The van der Waals surface area contributed by atoms with E-state index < -0.39 is 5.97 Å². The summed E-state index contributed by atoms with van der Waals surface area (Å²) < 4.78 is 0. The van der Waals surface area contributed by atoms with Gasteiger partial charge in [0.25, 0.3) is 5.91 Å². The van der Waals surface area contributed by atoms with Crippen molar-refractivity contribution in [3.05, 3.63) is 33.8 Å². The summed E-state index contributed by atoms with van der Waals surface area (Å²) in [4.78, 5) is 39.0. The van der Waals surface area contributed by atoms with Gasteiger partial charge in [0.2, 0.25) is 5.91 Å². The van der Waals surface area contributed by atoms with E-state index in [0.29, 0.717) is 41.5 Å². The molecule has 0 aromatic heterocycles. The van der Waals surface area contributed by atoms with Crippen LogP contribution in [0.25, 0.3) is 0 Å². The van der Waals surface area contributed by atoms with Crippen LogP contribution in [0.2, 0.25) is 10.0 Å². The maximum Gasteiger partial charge on any atom is 0.323 e. The molecular weight excluding hydrogens is 367 g/mol. The molecule has 136 valence electrons. The molecular formula is C17H20Cl2N2O4. The Hall–Kier alpha value is -1.79. The fourth-order valence-electron chi connectivity index (χ4n) is 2.94. The Morgan fingerprint density at radius 2 is 2.00 bits per heavy atom. The molecule has 0 saturated carbocycles. The zero-order valence-electron chi connectivity index (χ0n) is 13.9. The van der Waals surface area contributed by atoms with Crippen LogP contribution in [0.4, 0.5) is 0 Å². The predicted octanol–water partition coefficient (Wildman–Crippen LogP) is 2.78. The number of halogens is 2. The second-order valence-electron chi connectivity index (χ2n) is 5.97. The van der Waals surface area contributed by atoms with Crippen LogP contribution < -0.4 is 0 Å². The molecule has 1 fully saturated rings. The Morgan fingerprint density at radius 1 is 1.28 bits per heavy atom. The molecule has 1 aliphatic rings. The van der Waals surface area contributed by atoms with E-state index in [0.717, 1.165) is 0 Å². The number of carbonyl (C=O) groups excluding carboxylic acids is 2. The van der Waals surface area contributed by atoms with Crippen LogP contribution in [0.15, 0.2) is 18.2 Å². The summed E-state index contributed by atoms with van der Waals surface area (Å²) in [5, 5.41) is 9.59. The van der Waals surface area contributed by atoms with Gasteiger partial charge in [-0.05, 0) is 38.0 Å². The fraction of sp³-hybridized carbons (Fsp3) is 0.471. The number of hydrogen-bond donors (Lipinski definition) is 1. The number of carbonyl (C=O) groups is 3. The minimum Gasteiger partial charge on any atom is -0.480 e. The number of carboxylic acids is 1. The molecule has 1 atom stereocenters. The van der Waals surface area contributed by atoms with E-state index in [-0.39, 0.29) is 30.8 Å². The molecule has 0 spiro atoms. The first-order valence-corrected chi connectivity index (χ1v) is 8.84. The number of benzene rings is 1. The Bertz CT molecular complexity index is 681. The van der Waals surface area contributed by atoms with Crippen molar-refractivity contribution in [1.29, 1.82) is 0 Å². The summed E-state index contributed by atoms with van der Waals surface area (Å²) >= 11 is 11.8. The highest BCUT2D eigenvalue weighted by Gasteiger charge is 2.31. The number of nitrogens with zero attached hydrogens (tertiary/aromatic N) is 2. The minimum atomic E-state index is -1.05. The van der Waals surface area contributed by atoms with Crippen molar-refractivity contribution < 1.29 is 19.5 Å². The van der Waals surface area contributed by atoms with E-state index in [1.54, 1.807) is 24.0 Å². The molecule has 1 heterocycles. The highest BCUT2D eigenvalue weighted by molar-refractivity contribution is 6.42. The number of rotatable bonds is 5. The highest BCUT2D eigenvalue weighted by Crippen LogP contribution is 2.25. The molecule has 1 N–H and O–H groups in total. The predicted molar refractivity (Wildman–Crippen MR) is 95.0 cm³/mol. The van der Waals surface area contributed by atoms with Crippen LogP contribution >= 0.6 is 23.2 Å². The van der Waals surface area contributed by atoms with E-state index in [2.05, 4.69) is 0 Å². The van der Waals surface area contributed by atoms with E-state index >= 15 is 0 Å². The van der Waals surface area contributed by atoms with Crippen LogP contribution in [-0.4, -0.2) is 58.9 Å². The molecule has 0 aliphatic carbocycles. The number of aliphatic carboxylic acids is 1. The minimum absolute atomic E-state index is 0.211. The van der Waals surface area contributed by atoms with Gasteiger partial charge in [-0.2, -0.15) is 0 Å². The van der Waals surface area contributed by atoms with E-state index in [9.17, 15) is 14.4 Å². The highest BCUT2D eigenvalue weighted by atomic mass is 35.5. The van der Waals surface area contributed by atoms with Crippen molar-refractivity contribution >= 4 is 41.0 Å². The first-order valence-electron chi connectivity index (χ1n) is 8.08. The topological polar surface area (TPSA) is 77.9 Å². The molecule has 2 rings (SSSR count). The van der Waals surface area contributed by atoms with Gasteiger partial charge in [0.1, 0.15) is 6.54 Å². The van der Waals surface area contributed by atoms with Gasteiger partial charge in [0.15, 0.2) is 0 Å². The average molecular weight is 387 g/mol. The summed E-state index contributed by atoms with van der Waals surface area (Å²) in [5.41, 5.74) is 0.417. The van der Waals surface area contributed by atoms with Crippen molar-refractivity contribution in [3.8, 4) is 0 Å². The van der Waals surface area contributed by atoms with Crippen LogP contribution in [0.3, 0.4) is 0 Å². The van der Waals surface area contributed by atoms with Crippen molar-refractivity contribution in [2.45, 2.75) is 19.8 Å². The normalized spacial score (nSPS) is 17.2. The number of hydrogen-bond acceptors (Lipinski definition) is 3. The Morgan fingerprint density at radius 3 is 2.60 bits per heavy atom. The lowest BCUT2D eigenvalue weighted by Gasteiger charge is -2.34. The molecule has 1 aliphatic heterocycles.